The fourth-order valence-corrected chi connectivity index (χ4v) is 6.36. The quantitative estimate of drug-likeness (QED) is 0.399. The van der Waals surface area contributed by atoms with Gasteiger partial charge in [0.25, 0.3) is 5.91 Å². The normalized spacial score (nSPS) is 22.8. The lowest BCUT2D eigenvalue weighted by Crippen LogP contribution is -2.34. The highest BCUT2D eigenvalue weighted by Gasteiger charge is 2.33. The highest BCUT2D eigenvalue weighted by atomic mass is 31.1. The van der Waals surface area contributed by atoms with E-state index in [1.807, 2.05) is 49.5 Å². The number of nitrogens with one attached hydrogen (secondary N) is 2. The van der Waals surface area contributed by atoms with E-state index in [1.165, 1.54) is 5.44 Å². The Labute approximate surface area is 214 Å². The van der Waals surface area contributed by atoms with Gasteiger partial charge in [0.2, 0.25) is 11.7 Å². The second-order valence-electron chi connectivity index (χ2n) is 9.78. The molecule has 0 bridgehead atoms. The van der Waals surface area contributed by atoms with E-state index in [9.17, 15) is 9.18 Å². The predicted molar refractivity (Wildman–Crippen MR) is 146 cm³/mol. The van der Waals surface area contributed by atoms with Crippen LogP contribution in [-0.2, 0) is 6.54 Å². The summed E-state index contributed by atoms with van der Waals surface area (Å²) in [6.45, 7) is 9.29. The molecule has 2 N–H and O–H groups in total. The van der Waals surface area contributed by atoms with Crippen molar-refractivity contribution in [2.24, 2.45) is 4.99 Å². The van der Waals surface area contributed by atoms with Gasteiger partial charge in [0.05, 0.1) is 5.78 Å². The molecule has 36 heavy (non-hydrogen) atoms. The van der Waals surface area contributed by atoms with E-state index in [-0.39, 0.29) is 17.7 Å². The van der Waals surface area contributed by atoms with Crippen LogP contribution in [0.2, 0.25) is 0 Å². The molecule has 1 saturated heterocycles. The van der Waals surface area contributed by atoms with Gasteiger partial charge in [0.1, 0.15) is 12.7 Å². The molecule has 3 heterocycles. The number of aliphatic imine (C=N–C) groups is 1. The molecule has 4 atom stereocenters. The summed E-state index contributed by atoms with van der Waals surface area (Å²) in [4.78, 5) is 19.7. The van der Waals surface area contributed by atoms with Gasteiger partial charge in [-0.05, 0) is 68.1 Å². The number of halogens is 1. The number of anilines is 1. The van der Waals surface area contributed by atoms with Crippen molar-refractivity contribution in [3.8, 4) is 0 Å². The van der Waals surface area contributed by atoms with Gasteiger partial charge in [-0.25, -0.2) is 9.38 Å². The van der Waals surface area contributed by atoms with Gasteiger partial charge in [-0.2, -0.15) is 4.58 Å². The number of amides is 1. The SMILES string of the molecule is CC[N+]1=CC2=C1PC(NC(C)c1cccc(NC(=O)c3ccc(CN4CC[C@@H](F)C4)c(C)c3)c1)C=N2. The second-order valence-corrected chi connectivity index (χ2v) is 11.2. The summed E-state index contributed by atoms with van der Waals surface area (Å²) < 4.78 is 15.8. The number of alkyl halides is 1. The van der Waals surface area contributed by atoms with Gasteiger partial charge < -0.3 is 5.32 Å². The molecule has 0 radical (unpaired) electrons. The van der Waals surface area contributed by atoms with Crippen molar-refractivity contribution in [1.29, 1.82) is 0 Å². The number of benzene rings is 2. The summed E-state index contributed by atoms with van der Waals surface area (Å²) in [6.07, 6.45) is 4.00. The Morgan fingerprint density at radius 1 is 1.31 bits per heavy atom. The molecule has 0 aliphatic carbocycles. The molecule has 5 rings (SSSR count). The molecule has 6 nitrogen and oxygen atoms in total. The average Bonchev–Trinajstić information content (AvgIpc) is 3.27. The van der Waals surface area contributed by atoms with Crippen LogP contribution in [0.4, 0.5) is 10.1 Å². The van der Waals surface area contributed by atoms with Crippen LogP contribution in [-0.4, -0.2) is 59.4 Å². The maximum absolute atomic E-state index is 13.5. The molecule has 3 aliphatic rings. The zero-order chi connectivity index (χ0) is 25.2. The first-order valence-electron chi connectivity index (χ1n) is 12.7. The van der Waals surface area contributed by atoms with Crippen LogP contribution in [0, 0.1) is 6.92 Å². The Hall–Kier alpha value is -2.73. The molecule has 1 amide bonds. The number of hydrogen-bond acceptors (Lipinski definition) is 4. The molecule has 2 aromatic carbocycles. The zero-order valence-electron chi connectivity index (χ0n) is 21.1. The number of allylic oxidation sites excluding steroid dienone is 1. The van der Waals surface area contributed by atoms with Crippen LogP contribution in [0.3, 0.4) is 0 Å². The van der Waals surface area contributed by atoms with Crippen LogP contribution < -0.4 is 10.6 Å². The van der Waals surface area contributed by atoms with Crippen molar-refractivity contribution >= 4 is 32.6 Å². The van der Waals surface area contributed by atoms with E-state index in [4.69, 9.17) is 0 Å². The number of likely N-dealkylation sites (tertiary alicyclic amines) is 1. The fraction of sp³-hybridized carbons (Fsp3) is 0.393. The summed E-state index contributed by atoms with van der Waals surface area (Å²) in [5.41, 5.74) is 7.14. The van der Waals surface area contributed by atoms with Gasteiger partial charge in [-0.3, -0.25) is 15.0 Å². The minimum Gasteiger partial charge on any atom is -0.322 e. The third kappa shape index (κ3) is 5.49. The molecule has 0 saturated carbocycles. The summed E-state index contributed by atoms with van der Waals surface area (Å²) in [5.74, 6) is 0.0752. The first-order valence-corrected chi connectivity index (χ1v) is 13.8. The second kappa shape index (κ2) is 10.7. The summed E-state index contributed by atoms with van der Waals surface area (Å²) in [5, 5.41) is 6.72. The Morgan fingerprint density at radius 3 is 2.92 bits per heavy atom. The monoisotopic (exact) mass is 506 g/mol. The van der Waals surface area contributed by atoms with E-state index in [0.29, 0.717) is 27.1 Å². The number of carbonyl (C=O) groups is 1. The number of hydrogen-bond donors (Lipinski definition) is 2. The van der Waals surface area contributed by atoms with E-state index >= 15 is 0 Å². The first-order chi connectivity index (χ1) is 17.4. The van der Waals surface area contributed by atoms with Crippen molar-refractivity contribution in [3.63, 3.8) is 0 Å². The maximum Gasteiger partial charge on any atom is 0.255 e. The maximum atomic E-state index is 13.5. The standard InChI is InChI=1S/C28H33FN5OP/c1-4-34-17-25-28(34)36-26(14-30-25)31-19(3)20-6-5-7-24(13-20)32-27(35)21-8-9-22(18(2)12-21)15-33-11-10-23(29)16-33/h5-9,12-14,17,19,23,26,31,36H,4,10-11,15-16H2,1-3H3/p+1/t19?,23-,26?/m1/s1. The lowest BCUT2D eigenvalue weighted by atomic mass is 10.0. The Balaban J connectivity index is 1.19. The van der Waals surface area contributed by atoms with Gasteiger partial charge in [-0.15, -0.1) is 0 Å². The minimum absolute atomic E-state index is 0.114. The Morgan fingerprint density at radius 2 is 2.17 bits per heavy atom. The molecular formula is C28H34FN5OP+. The van der Waals surface area contributed by atoms with Crippen molar-refractivity contribution in [1.82, 2.24) is 10.2 Å². The van der Waals surface area contributed by atoms with Crippen molar-refractivity contribution in [2.45, 2.75) is 51.7 Å². The molecule has 3 unspecified atom stereocenters. The van der Waals surface area contributed by atoms with Crippen LogP contribution in [0.1, 0.15) is 53.4 Å². The van der Waals surface area contributed by atoms with Crippen LogP contribution in [0.15, 0.2) is 58.6 Å². The Kier molecular flexibility index (Phi) is 7.42. The van der Waals surface area contributed by atoms with Crippen molar-refractivity contribution < 1.29 is 13.8 Å². The summed E-state index contributed by atoms with van der Waals surface area (Å²) >= 11 is 0. The Bertz CT molecular complexity index is 1260. The summed E-state index contributed by atoms with van der Waals surface area (Å²) in [6, 6.07) is 13.9. The zero-order valence-corrected chi connectivity index (χ0v) is 22.1. The highest BCUT2D eigenvalue weighted by molar-refractivity contribution is 7.44. The van der Waals surface area contributed by atoms with Crippen LogP contribution in [0.25, 0.3) is 0 Å². The average molecular weight is 507 g/mol. The molecule has 0 spiro atoms. The third-order valence-corrected chi connectivity index (χ3v) is 8.53. The first kappa shape index (κ1) is 24.9. The van der Waals surface area contributed by atoms with Gasteiger partial charge >= 0.3 is 0 Å². The van der Waals surface area contributed by atoms with Crippen LogP contribution >= 0.6 is 8.58 Å². The van der Waals surface area contributed by atoms with Gasteiger partial charge in [0, 0.05) is 51.7 Å². The molecule has 3 aliphatic heterocycles. The lowest BCUT2D eigenvalue weighted by molar-refractivity contribution is -0.467. The van der Waals surface area contributed by atoms with Crippen LogP contribution in [0.5, 0.6) is 0 Å². The van der Waals surface area contributed by atoms with E-state index in [1.54, 1.807) is 0 Å². The van der Waals surface area contributed by atoms with Gasteiger partial charge in [0.15, 0.2) is 5.70 Å². The number of nitrogens with zero attached hydrogens (tertiary/aromatic N) is 3. The molecule has 8 heteroatoms. The molecular weight excluding hydrogens is 472 g/mol. The number of carbonyl (C=O) groups excluding carboxylic acids is 1. The van der Waals surface area contributed by atoms with Gasteiger partial charge in [-0.1, -0.05) is 18.2 Å². The molecule has 2 aromatic rings. The minimum atomic E-state index is -0.724. The largest absolute Gasteiger partial charge is 0.322 e. The van der Waals surface area contributed by atoms with E-state index in [0.717, 1.165) is 47.7 Å². The molecule has 188 valence electrons. The summed E-state index contributed by atoms with van der Waals surface area (Å²) in [7, 11) is 0.653. The number of rotatable bonds is 8. The highest BCUT2D eigenvalue weighted by Crippen LogP contribution is 2.38. The predicted octanol–water partition coefficient (Wildman–Crippen LogP) is 4.82. The number of aryl methyl sites for hydroxylation is 1. The van der Waals surface area contributed by atoms with E-state index < -0.39 is 6.17 Å². The lowest BCUT2D eigenvalue weighted by Gasteiger charge is -2.25. The third-order valence-electron chi connectivity index (χ3n) is 7.09. The van der Waals surface area contributed by atoms with Crippen molar-refractivity contribution in [3.05, 3.63) is 75.9 Å². The van der Waals surface area contributed by atoms with E-state index in [2.05, 4.69) is 51.2 Å². The molecule has 1 fully saturated rings. The smallest absolute Gasteiger partial charge is 0.255 e. The van der Waals surface area contributed by atoms with Crippen molar-refractivity contribution in [2.75, 3.05) is 25.0 Å². The fourth-order valence-electron chi connectivity index (χ4n) is 4.92. The molecule has 0 aromatic heterocycles. The topological polar surface area (TPSA) is 59.7 Å².